The smallest absolute Gasteiger partial charge is 0.193 e. The fourth-order valence-electron chi connectivity index (χ4n) is 3.41. The number of methoxy groups -OCH3 is 1. The van der Waals surface area contributed by atoms with Crippen LogP contribution >= 0.6 is 0 Å². The van der Waals surface area contributed by atoms with Gasteiger partial charge in [0.25, 0.3) is 0 Å². The Morgan fingerprint density at radius 2 is 1.88 bits per heavy atom. The maximum absolute atomic E-state index is 9.27. The highest BCUT2D eigenvalue weighted by molar-refractivity contribution is 6.74. The minimum atomic E-state index is -2.07. The van der Waals surface area contributed by atoms with Crippen molar-refractivity contribution in [2.24, 2.45) is 0 Å². The maximum atomic E-state index is 9.27. The SMILES string of the molecule is COc1ccc(CO[C@@H](CC=CCO)[C@H](C=C[C@@H]2CC(C)=CCO2)O[Si](C)(C)C(C)(C)C)cc1. The molecule has 5 nitrogen and oxygen atoms in total. The molecule has 190 valence electrons. The second-order valence-electron chi connectivity index (χ2n) is 10.4. The van der Waals surface area contributed by atoms with Crippen molar-refractivity contribution in [3.05, 3.63) is 65.8 Å². The van der Waals surface area contributed by atoms with Crippen LogP contribution in [-0.4, -0.2) is 52.1 Å². The summed E-state index contributed by atoms with van der Waals surface area (Å²) >= 11 is 0. The minimum Gasteiger partial charge on any atom is -0.497 e. The number of aliphatic hydroxyl groups excluding tert-OH is 1. The lowest BCUT2D eigenvalue weighted by molar-refractivity contribution is -0.0203. The van der Waals surface area contributed by atoms with Crippen LogP contribution in [-0.2, 0) is 20.5 Å². The first kappa shape index (κ1) is 28.5. The molecule has 0 bridgehead atoms. The lowest BCUT2D eigenvalue weighted by atomic mass is 10.0. The predicted molar refractivity (Wildman–Crippen MR) is 142 cm³/mol. The monoisotopic (exact) mass is 488 g/mol. The van der Waals surface area contributed by atoms with Gasteiger partial charge < -0.3 is 23.7 Å². The highest BCUT2D eigenvalue weighted by atomic mass is 28.4. The summed E-state index contributed by atoms with van der Waals surface area (Å²) in [6.07, 6.45) is 11.3. The van der Waals surface area contributed by atoms with E-state index in [-0.39, 0.29) is 30.0 Å². The van der Waals surface area contributed by atoms with Crippen molar-refractivity contribution in [2.75, 3.05) is 20.3 Å². The highest BCUT2D eigenvalue weighted by Crippen LogP contribution is 2.38. The normalized spacial score (nSPS) is 19.4. The van der Waals surface area contributed by atoms with Crippen LogP contribution in [0.2, 0.25) is 18.1 Å². The molecule has 3 atom stereocenters. The molecule has 0 aliphatic carbocycles. The van der Waals surface area contributed by atoms with E-state index >= 15 is 0 Å². The van der Waals surface area contributed by atoms with Gasteiger partial charge in [0.1, 0.15) is 5.75 Å². The van der Waals surface area contributed by atoms with Crippen molar-refractivity contribution in [3.63, 3.8) is 0 Å². The van der Waals surface area contributed by atoms with Crippen molar-refractivity contribution in [2.45, 2.75) is 83.6 Å². The zero-order valence-electron chi connectivity index (χ0n) is 22.0. The summed E-state index contributed by atoms with van der Waals surface area (Å²) in [7, 11) is -0.408. The summed E-state index contributed by atoms with van der Waals surface area (Å²) in [6.45, 7) is 14.5. The Balaban J connectivity index is 2.26. The van der Waals surface area contributed by atoms with E-state index in [1.165, 1.54) is 5.57 Å². The molecule has 1 aliphatic heterocycles. The topological polar surface area (TPSA) is 57.2 Å². The van der Waals surface area contributed by atoms with Crippen LogP contribution in [0.5, 0.6) is 5.75 Å². The predicted octanol–water partition coefficient (Wildman–Crippen LogP) is 6.20. The number of hydrogen-bond acceptors (Lipinski definition) is 5. The first-order valence-electron chi connectivity index (χ1n) is 12.2. The minimum absolute atomic E-state index is 0.0102. The van der Waals surface area contributed by atoms with Gasteiger partial charge in [-0.05, 0) is 55.6 Å². The van der Waals surface area contributed by atoms with Crippen LogP contribution in [0.1, 0.15) is 46.1 Å². The molecule has 0 saturated heterocycles. The molecule has 1 heterocycles. The zero-order chi connectivity index (χ0) is 25.2. The molecular formula is C28H44O5Si. The summed E-state index contributed by atoms with van der Waals surface area (Å²) in [5, 5.41) is 9.34. The Bertz CT molecular complexity index is 820. The first-order valence-corrected chi connectivity index (χ1v) is 15.1. The average molecular weight is 489 g/mol. The van der Waals surface area contributed by atoms with Gasteiger partial charge in [-0.2, -0.15) is 0 Å². The molecule has 0 amide bonds. The Morgan fingerprint density at radius 3 is 2.47 bits per heavy atom. The van der Waals surface area contributed by atoms with Crippen molar-refractivity contribution < 1.29 is 23.7 Å². The summed E-state index contributed by atoms with van der Waals surface area (Å²) in [5.74, 6) is 0.824. The molecule has 0 spiro atoms. The third kappa shape index (κ3) is 9.15. The van der Waals surface area contributed by atoms with Gasteiger partial charge >= 0.3 is 0 Å². The van der Waals surface area contributed by atoms with E-state index in [2.05, 4.69) is 59.0 Å². The summed E-state index contributed by atoms with van der Waals surface area (Å²) in [4.78, 5) is 0. The second-order valence-corrected chi connectivity index (χ2v) is 15.2. The Hall–Kier alpha value is -1.70. The number of aliphatic hydroxyl groups is 1. The largest absolute Gasteiger partial charge is 0.497 e. The molecule has 1 N–H and O–H groups in total. The van der Waals surface area contributed by atoms with E-state index in [4.69, 9.17) is 18.6 Å². The molecule has 1 aromatic carbocycles. The molecule has 0 aromatic heterocycles. The van der Waals surface area contributed by atoms with E-state index in [0.717, 1.165) is 17.7 Å². The second kappa shape index (κ2) is 13.4. The number of benzene rings is 1. The lowest BCUT2D eigenvalue weighted by Crippen LogP contribution is -2.47. The van der Waals surface area contributed by atoms with Crippen molar-refractivity contribution in [1.82, 2.24) is 0 Å². The summed E-state index contributed by atoms with van der Waals surface area (Å²) < 4.78 is 24.5. The highest BCUT2D eigenvalue weighted by Gasteiger charge is 2.40. The molecular weight excluding hydrogens is 444 g/mol. The number of rotatable bonds is 12. The number of hydrogen-bond donors (Lipinski definition) is 1. The molecule has 0 saturated carbocycles. The Kier molecular flexibility index (Phi) is 11.2. The average Bonchev–Trinajstić information content (AvgIpc) is 2.78. The van der Waals surface area contributed by atoms with Gasteiger partial charge in [0.05, 0.1) is 45.2 Å². The molecule has 2 rings (SSSR count). The molecule has 34 heavy (non-hydrogen) atoms. The lowest BCUT2D eigenvalue weighted by Gasteiger charge is -2.40. The summed E-state index contributed by atoms with van der Waals surface area (Å²) in [5.41, 5.74) is 2.42. The Morgan fingerprint density at radius 1 is 1.18 bits per heavy atom. The number of ether oxygens (including phenoxy) is 3. The van der Waals surface area contributed by atoms with Crippen LogP contribution < -0.4 is 4.74 Å². The van der Waals surface area contributed by atoms with E-state index in [9.17, 15) is 5.11 Å². The van der Waals surface area contributed by atoms with E-state index in [1.54, 1.807) is 13.2 Å². The van der Waals surface area contributed by atoms with E-state index < -0.39 is 8.32 Å². The third-order valence-electron chi connectivity index (χ3n) is 6.65. The van der Waals surface area contributed by atoms with E-state index in [1.807, 2.05) is 30.3 Å². The zero-order valence-corrected chi connectivity index (χ0v) is 23.0. The van der Waals surface area contributed by atoms with Crippen LogP contribution in [0.25, 0.3) is 0 Å². The molecule has 1 aliphatic rings. The van der Waals surface area contributed by atoms with Crippen molar-refractivity contribution >= 4 is 8.32 Å². The molecule has 0 fully saturated rings. The van der Waals surface area contributed by atoms with Gasteiger partial charge in [-0.3, -0.25) is 0 Å². The van der Waals surface area contributed by atoms with Crippen molar-refractivity contribution in [3.8, 4) is 5.75 Å². The maximum Gasteiger partial charge on any atom is 0.193 e. The Labute approximate surface area is 207 Å². The van der Waals surface area contributed by atoms with Crippen molar-refractivity contribution in [1.29, 1.82) is 0 Å². The van der Waals surface area contributed by atoms with Crippen LogP contribution in [0, 0.1) is 0 Å². The van der Waals surface area contributed by atoms with Gasteiger partial charge in [0.2, 0.25) is 0 Å². The van der Waals surface area contributed by atoms with Gasteiger partial charge in [-0.1, -0.05) is 68.9 Å². The van der Waals surface area contributed by atoms with Gasteiger partial charge in [0, 0.05) is 0 Å². The van der Waals surface area contributed by atoms with Gasteiger partial charge in [0.15, 0.2) is 8.32 Å². The quantitative estimate of drug-likeness (QED) is 0.280. The summed E-state index contributed by atoms with van der Waals surface area (Å²) in [6, 6.07) is 7.92. The van der Waals surface area contributed by atoms with Crippen LogP contribution in [0.4, 0.5) is 0 Å². The third-order valence-corrected chi connectivity index (χ3v) is 11.1. The molecule has 0 unspecified atom stereocenters. The van der Waals surface area contributed by atoms with Gasteiger partial charge in [-0.15, -0.1) is 0 Å². The first-order chi connectivity index (χ1) is 16.1. The standard InChI is InChI=1S/C28H44O5Si/c1-22-17-19-31-25(20-22)15-16-27(33-34(6,7)28(2,3)4)26(10-8-9-18-29)32-21-23-11-13-24(30-5)14-12-23/h8-9,11-17,25-27,29H,10,18-21H2,1-7H3/t25-,26+,27+/m1/s1. The van der Waals surface area contributed by atoms with Crippen LogP contribution in [0.3, 0.4) is 0 Å². The van der Waals surface area contributed by atoms with Crippen LogP contribution in [0.15, 0.2) is 60.2 Å². The fraction of sp³-hybridized carbons (Fsp3) is 0.571. The molecule has 0 radical (unpaired) electrons. The fourth-order valence-corrected chi connectivity index (χ4v) is 4.68. The van der Waals surface area contributed by atoms with E-state index in [0.29, 0.717) is 19.6 Å². The van der Waals surface area contributed by atoms with Gasteiger partial charge in [-0.25, -0.2) is 0 Å². The molecule has 1 aromatic rings. The molecule has 6 heteroatoms.